The fourth-order valence-electron chi connectivity index (χ4n) is 5.13. The van der Waals surface area contributed by atoms with Gasteiger partial charge in [0.2, 0.25) is 11.8 Å². The third-order valence-corrected chi connectivity index (χ3v) is 6.80. The van der Waals surface area contributed by atoms with Gasteiger partial charge in [-0.3, -0.25) is 19.3 Å². The van der Waals surface area contributed by atoms with E-state index in [1.807, 2.05) is 13.8 Å². The zero-order chi connectivity index (χ0) is 21.1. The second kappa shape index (κ2) is 8.71. The highest BCUT2D eigenvalue weighted by Crippen LogP contribution is 2.34. The average molecular weight is 407 g/mol. The molecule has 0 atom stereocenters. The maximum absolute atomic E-state index is 13.2. The van der Waals surface area contributed by atoms with E-state index in [9.17, 15) is 19.2 Å². The number of carbonyl (C=O) groups is 4. The highest BCUT2D eigenvalue weighted by atomic mass is 16.2. The summed E-state index contributed by atoms with van der Waals surface area (Å²) >= 11 is 0. The predicted molar refractivity (Wildman–Crippen MR) is 108 cm³/mol. The lowest BCUT2D eigenvalue weighted by Crippen LogP contribution is -2.62. The van der Waals surface area contributed by atoms with Gasteiger partial charge in [0.1, 0.15) is 17.6 Å². The van der Waals surface area contributed by atoms with E-state index in [1.165, 1.54) is 0 Å². The zero-order valence-electron chi connectivity index (χ0n) is 17.7. The van der Waals surface area contributed by atoms with Crippen LogP contribution in [0, 0.1) is 0 Å². The van der Waals surface area contributed by atoms with E-state index in [2.05, 4.69) is 10.6 Å². The number of likely N-dealkylation sites (N-methyl/N-ethyl adjacent to an activating group) is 1. The molecule has 1 saturated heterocycles. The van der Waals surface area contributed by atoms with Crippen LogP contribution in [0.25, 0.3) is 0 Å². The molecule has 0 bridgehead atoms. The summed E-state index contributed by atoms with van der Waals surface area (Å²) in [6.07, 6.45) is 8.08. The number of nitrogens with zero attached hydrogens (tertiary/aromatic N) is 2. The fraction of sp³-hybridized carbons (Fsp3) is 0.810. The molecule has 162 valence electrons. The van der Waals surface area contributed by atoms with Crippen molar-refractivity contribution >= 4 is 23.8 Å². The summed E-state index contributed by atoms with van der Waals surface area (Å²) in [5.74, 6) is -0.801. The Balaban J connectivity index is 1.71. The monoisotopic (exact) mass is 406 g/mol. The first-order valence-electron chi connectivity index (χ1n) is 11.1. The summed E-state index contributed by atoms with van der Waals surface area (Å²) in [6.45, 7) is 4.69. The van der Waals surface area contributed by atoms with Gasteiger partial charge in [-0.25, -0.2) is 4.79 Å². The lowest BCUT2D eigenvalue weighted by molar-refractivity contribution is -0.144. The molecule has 0 unspecified atom stereocenters. The number of rotatable bonds is 6. The minimum absolute atomic E-state index is 0.0588. The van der Waals surface area contributed by atoms with E-state index in [1.54, 1.807) is 4.90 Å². The van der Waals surface area contributed by atoms with Gasteiger partial charge in [0.15, 0.2) is 0 Å². The minimum atomic E-state index is -0.927. The first-order chi connectivity index (χ1) is 13.9. The Bertz CT molecular complexity index is 662. The van der Waals surface area contributed by atoms with Crippen molar-refractivity contribution in [3.05, 3.63) is 0 Å². The Kier molecular flexibility index (Phi) is 6.49. The van der Waals surface area contributed by atoms with Gasteiger partial charge in [0, 0.05) is 13.1 Å². The van der Waals surface area contributed by atoms with Gasteiger partial charge < -0.3 is 15.5 Å². The van der Waals surface area contributed by atoms with Crippen molar-refractivity contribution in [1.82, 2.24) is 20.4 Å². The smallest absolute Gasteiger partial charge is 0.325 e. The van der Waals surface area contributed by atoms with Crippen LogP contribution in [0.4, 0.5) is 4.79 Å². The van der Waals surface area contributed by atoms with Crippen LogP contribution >= 0.6 is 0 Å². The lowest BCUT2D eigenvalue weighted by atomic mass is 9.80. The third kappa shape index (κ3) is 4.12. The van der Waals surface area contributed by atoms with Crippen LogP contribution in [0.1, 0.15) is 78.1 Å². The summed E-state index contributed by atoms with van der Waals surface area (Å²) in [4.78, 5) is 54.2. The summed E-state index contributed by atoms with van der Waals surface area (Å²) in [7, 11) is 0. The Morgan fingerprint density at radius 2 is 1.52 bits per heavy atom. The number of nitrogens with one attached hydrogen (secondary N) is 2. The zero-order valence-corrected chi connectivity index (χ0v) is 17.7. The molecule has 3 rings (SSSR count). The molecule has 2 saturated carbocycles. The summed E-state index contributed by atoms with van der Waals surface area (Å²) in [5.41, 5.74) is -1.77. The van der Waals surface area contributed by atoms with Crippen molar-refractivity contribution < 1.29 is 19.2 Å². The van der Waals surface area contributed by atoms with E-state index >= 15 is 0 Å². The van der Waals surface area contributed by atoms with Gasteiger partial charge in [-0.1, -0.05) is 38.5 Å². The van der Waals surface area contributed by atoms with Gasteiger partial charge in [-0.15, -0.1) is 0 Å². The van der Waals surface area contributed by atoms with Gasteiger partial charge in [0.05, 0.1) is 0 Å². The number of amides is 5. The van der Waals surface area contributed by atoms with E-state index in [0.29, 0.717) is 38.8 Å². The number of urea groups is 1. The van der Waals surface area contributed by atoms with E-state index in [0.717, 1.165) is 43.4 Å². The molecule has 0 aromatic carbocycles. The van der Waals surface area contributed by atoms with Crippen molar-refractivity contribution in [2.45, 2.75) is 89.1 Å². The minimum Gasteiger partial charge on any atom is -0.341 e. The summed E-state index contributed by atoms with van der Waals surface area (Å²) in [5, 5.41) is 5.77. The molecule has 2 aliphatic carbocycles. The van der Waals surface area contributed by atoms with Gasteiger partial charge in [0.25, 0.3) is 5.91 Å². The van der Waals surface area contributed by atoms with Crippen molar-refractivity contribution in [1.29, 1.82) is 0 Å². The topological polar surface area (TPSA) is 98.8 Å². The molecule has 5 amide bonds. The van der Waals surface area contributed by atoms with Crippen LogP contribution in [-0.2, 0) is 14.4 Å². The number of hydrogen-bond donors (Lipinski definition) is 2. The molecule has 29 heavy (non-hydrogen) atoms. The molecule has 0 aromatic rings. The number of carbonyl (C=O) groups excluding carboxylic acids is 4. The van der Waals surface area contributed by atoms with Crippen LogP contribution in [-0.4, -0.2) is 64.3 Å². The van der Waals surface area contributed by atoms with Crippen LogP contribution in [0.15, 0.2) is 0 Å². The largest absolute Gasteiger partial charge is 0.341 e. The molecule has 2 N–H and O–H groups in total. The van der Waals surface area contributed by atoms with E-state index < -0.39 is 23.0 Å². The quantitative estimate of drug-likeness (QED) is 0.659. The van der Waals surface area contributed by atoms with Crippen LogP contribution in [0.2, 0.25) is 0 Å². The molecule has 1 heterocycles. The Hall–Kier alpha value is -2.12. The second-order valence-corrected chi connectivity index (χ2v) is 8.63. The average Bonchev–Trinajstić information content (AvgIpc) is 2.94. The number of hydrogen-bond acceptors (Lipinski definition) is 4. The Morgan fingerprint density at radius 3 is 2.07 bits per heavy atom. The molecule has 8 nitrogen and oxygen atoms in total. The predicted octanol–water partition coefficient (Wildman–Crippen LogP) is 1.93. The molecule has 8 heteroatoms. The molecule has 1 aliphatic heterocycles. The van der Waals surface area contributed by atoms with Crippen molar-refractivity contribution in [2.75, 3.05) is 19.6 Å². The normalized spacial score (nSPS) is 23.0. The van der Waals surface area contributed by atoms with Crippen LogP contribution in [0.5, 0.6) is 0 Å². The molecule has 3 aliphatic rings. The summed E-state index contributed by atoms with van der Waals surface area (Å²) in [6, 6.07) is -0.500. The molecule has 1 spiro atoms. The van der Waals surface area contributed by atoms with Crippen molar-refractivity contribution in [3.63, 3.8) is 0 Å². The summed E-state index contributed by atoms with van der Waals surface area (Å²) < 4.78 is 0. The van der Waals surface area contributed by atoms with Crippen molar-refractivity contribution in [2.24, 2.45) is 0 Å². The Morgan fingerprint density at radius 1 is 0.966 bits per heavy atom. The Labute approximate surface area is 172 Å². The molecule has 3 fully saturated rings. The maximum atomic E-state index is 13.2. The molecule has 0 aromatic heterocycles. The highest BCUT2D eigenvalue weighted by molar-refractivity contribution is 6.09. The van der Waals surface area contributed by atoms with E-state index in [-0.39, 0.29) is 18.4 Å². The van der Waals surface area contributed by atoms with Crippen LogP contribution in [0.3, 0.4) is 0 Å². The molecular formula is C21H34N4O4. The highest BCUT2D eigenvalue weighted by Gasteiger charge is 2.52. The van der Waals surface area contributed by atoms with Gasteiger partial charge >= 0.3 is 6.03 Å². The molecular weight excluding hydrogens is 372 g/mol. The number of imide groups is 1. The van der Waals surface area contributed by atoms with Gasteiger partial charge in [-0.2, -0.15) is 0 Å². The van der Waals surface area contributed by atoms with Gasteiger partial charge in [-0.05, 0) is 39.5 Å². The van der Waals surface area contributed by atoms with Crippen LogP contribution < -0.4 is 10.6 Å². The third-order valence-electron chi connectivity index (χ3n) is 6.80. The first kappa shape index (κ1) is 21.6. The maximum Gasteiger partial charge on any atom is 0.325 e. The molecule has 0 radical (unpaired) electrons. The SMILES string of the molecule is CCN(CC)C(=O)C1(NC(=O)CN2C(=O)NC3(CCCCC3)C2=O)CCCCC1. The van der Waals surface area contributed by atoms with Crippen molar-refractivity contribution in [3.8, 4) is 0 Å². The standard InChI is InChI=1S/C21H34N4O4/c1-3-24(4-2)17(27)20(11-7-5-8-12-20)22-16(26)15-25-18(28)21(23-19(25)29)13-9-6-10-14-21/h3-15H2,1-2H3,(H,22,26)(H,23,29). The van der Waals surface area contributed by atoms with E-state index in [4.69, 9.17) is 0 Å². The first-order valence-corrected chi connectivity index (χ1v) is 11.1. The lowest BCUT2D eigenvalue weighted by Gasteiger charge is -2.40. The fourth-order valence-corrected chi connectivity index (χ4v) is 5.13. The second-order valence-electron chi connectivity index (χ2n) is 8.63.